The van der Waals surface area contributed by atoms with Crippen molar-refractivity contribution in [2.75, 3.05) is 0 Å². The van der Waals surface area contributed by atoms with E-state index in [1.807, 2.05) is 0 Å². The molecule has 0 unspecified atom stereocenters. The van der Waals surface area contributed by atoms with Crippen LogP contribution < -0.4 is 5.14 Å². The lowest BCUT2D eigenvalue weighted by Gasteiger charge is -1.92. The Labute approximate surface area is 58.6 Å². The maximum absolute atomic E-state index is 10.5. The number of aryl methyl sites for hydroxylation is 1. The van der Waals surface area contributed by atoms with Gasteiger partial charge < -0.3 is 0 Å². The molecule has 0 fully saturated rings. The van der Waals surface area contributed by atoms with Crippen molar-refractivity contribution >= 4 is 10.2 Å². The van der Waals surface area contributed by atoms with E-state index in [4.69, 9.17) is 5.14 Å². The molecular weight excluding hydrogens is 154 g/mol. The maximum atomic E-state index is 10.5. The van der Waals surface area contributed by atoms with E-state index in [0.717, 1.165) is 4.09 Å². The zero-order valence-corrected chi connectivity index (χ0v) is 6.17. The van der Waals surface area contributed by atoms with Crippen LogP contribution in [0, 0.1) is 6.92 Å². The molecule has 6 heteroatoms. The van der Waals surface area contributed by atoms with Crippen LogP contribution >= 0.6 is 0 Å². The van der Waals surface area contributed by atoms with Gasteiger partial charge in [-0.2, -0.15) is 17.6 Å². The van der Waals surface area contributed by atoms with Gasteiger partial charge in [-0.3, -0.25) is 0 Å². The SMILES string of the molecule is Cc1ccn(S(N)(=O)=O)n1. The van der Waals surface area contributed by atoms with Crippen molar-refractivity contribution < 1.29 is 8.42 Å². The van der Waals surface area contributed by atoms with Crippen molar-refractivity contribution in [1.29, 1.82) is 0 Å². The summed E-state index contributed by atoms with van der Waals surface area (Å²) in [6.45, 7) is 1.68. The van der Waals surface area contributed by atoms with E-state index in [2.05, 4.69) is 5.10 Å². The fourth-order valence-corrected chi connectivity index (χ4v) is 1.01. The van der Waals surface area contributed by atoms with E-state index in [1.54, 1.807) is 13.0 Å². The monoisotopic (exact) mass is 161 g/mol. The Morgan fingerprint density at radius 2 is 2.30 bits per heavy atom. The molecule has 1 rings (SSSR count). The quantitative estimate of drug-likeness (QED) is 0.588. The number of hydrogen-bond acceptors (Lipinski definition) is 3. The summed E-state index contributed by atoms with van der Waals surface area (Å²) in [5.74, 6) is 0. The molecule has 1 heterocycles. The van der Waals surface area contributed by atoms with Crippen LogP contribution in [0.15, 0.2) is 12.3 Å². The molecule has 0 aromatic carbocycles. The summed E-state index contributed by atoms with van der Waals surface area (Å²) in [7, 11) is -3.68. The van der Waals surface area contributed by atoms with Gasteiger partial charge in [-0.05, 0) is 13.0 Å². The minimum Gasteiger partial charge on any atom is -0.210 e. The van der Waals surface area contributed by atoms with Crippen LogP contribution in [0.3, 0.4) is 0 Å². The second kappa shape index (κ2) is 2.06. The molecule has 0 bridgehead atoms. The van der Waals surface area contributed by atoms with Gasteiger partial charge in [0.1, 0.15) is 0 Å². The zero-order chi connectivity index (χ0) is 7.78. The predicted molar refractivity (Wildman–Crippen MR) is 35.5 cm³/mol. The smallest absolute Gasteiger partial charge is 0.210 e. The third-order valence-electron chi connectivity index (χ3n) is 0.960. The lowest BCUT2D eigenvalue weighted by molar-refractivity contribution is 0.581. The maximum Gasteiger partial charge on any atom is 0.317 e. The summed E-state index contributed by atoms with van der Waals surface area (Å²) >= 11 is 0. The van der Waals surface area contributed by atoms with Crippen molar-refractivity contribution in [2.45, 2.75) is 6.92 Å². The van der Waals surface area contributed by atoms with E-state index >= 15 is 0 Å². The standard InChI is InChI=1S/C4H7N3O2S/c1-4-2-3-7(6-4)10(5,8)9/h2-3H,1H3,(H2,5,8,9). The van der Waals surface area contributed by atoms with Gasteiger partial charge in [-0.15, -0.1) is 0 Å². The highest BCUT2D eigenvalue weighted by molar-refractivity contribution is 7.87. The number of hydrogen-bond donors (Lipinski definition) is 1. The molecule has 56 valence electrons. The summed E-state index contributed by atoms with van der Waals surface area (Å²) in [6.07, 6.45) is 1.30. The molecule has 2 N–H and O–H groups in total. The third-order valence-corrected chi connectivity index (χ3v) is 1.69. The van der Waals surface area contributed by atoms with Crippen molar-refractivity contribution in [2.24, 2.45) is 5.14 Å². The fourth-order valence-electron chi connectivity index (χ4n) is 0.535. The van der Waals surface area contributed by atoms with Crippen molar-refractivity contribution in [1.82, 2.24) is 9.19 Å². The highest BCUT2D eigenvalue weighted by atomic mass is 32.2. The number of nitrogens with zero attached hydrogens (tertiary/aromatic N) is 2. The molecule has 0 spiro atoms. The second-order valence-electron chi connectivity index (χ2n) is 1.87. The Morgan fingerprint density at radius 1 is 1.70 bits per heavy atom. The molecule has 0 aliphatic carbocycles. The molecule has 10 heavy (non-hydrogen) atoms. The normalized spacial score (nSPS) is 11.8. The summed E-state index contributed by atoms with van der Waals surface area (Å²) in [6, 6.07) is 1.56. The fraction of sp³-hybridized carbons (Fsp3) is 0.250. The Hall–Kier alpha value is -0.880. The van der Waals surface area contributed by atoms with Gasteiger partial charge in [-0.1, -0.05) is 0 Å². The largest absolute Gasteiger partial charge is 0.317 e. The lowest BCUT2D eigenvalue weighted by Crippen LogP contribution is -2.22. The first-order valence-corrected chi connectivity index (χ1v) is 4.06. The first-order chi connectivity index (χ1) is 4.50. The first kappa shape index (κ1) is 7.23. The molecule has 0 atom stereocenters. The second-order valence-corrected chi connectivity index (χ2v) is 3.28. The Kier molecular flexibility index (Phi) is 1.49. The predicted octanol–water partition coefficient (Wildman–Crippen LogP) is -0.757. The van der Waals surface area contributed by atoms with E-state index in [1.165, 1.54) is 6.20 Å². The Balaban J connectivity index is 3.21. The van der Waals surface area contributed by atoms with Gasteiger partial charge in [0.15, 0.2) is 0 Å². The number of nitrogens with two attached hydrogens (primary N) is 1. The van der Waals surface area contributed by atoms with Gasteiger partial charge in [0.25, 0.3) is 0 Å². The van der Waals surface area contributed by atoms with Crippen LogP contribution in [0.2, 0.25) is 0 Å². The van der Waals surface area contributed by atoms with Gasteiger partial charge in [-0.25, -0.2) is 5.14 Å². The molecule has 0 aliphatic heterocycles. The van der Waals surface area contributed by atoms with Gasteiger partial charge >= 0.3 is 10.2 Å². The molecule has 0 saturated heterocycles. The first-order valence-electron chi connectivity index (χ1n) is 2.56. The molecule has 5 nitrogen and oxygen atoms in total. The molecular formula is C4H7N3O2S. The minimum atomic E-state index is -3.68. The van der Waals surface area contributed by atoms with Gasteiger partial charge in [0, 0.05) is 6.20 Å². The Bertz CT molecular complexity index is 326. The molecule has 0 saturated carbocycles. The molecule has 0 aliphatic rings. The topological polar surface area (TPSA) is 78.0 Å². The van der Waals surface area contributed by atoms with Gasteiger partial charge in [0.2, 0.25) is 0 Å². The number of rotatable bonds is 1. The molecule has 0 radical (unpaired) electrons. The summed E-state index contributed by atoms with van der Waals surface area (Å²) in [5, 5.41) is 8.33. The molecule has 0 amide bonds. The highest BCUT2D eigenvalue weighted by Crippen LogP contribution is 1.93. The van der Waals surface area contributed by atoms with E-state index in [9.17, 15) is 8.42 Å². The molecule has 1 aromatic heterocycles. The highest BCUT2D eigenvalue weighted by Gasteiger charge is 2.04. The van der Waals surface area contributed by atoms with Crippen molar-refractivity contribution in [3.8, 4) is 0 Å². The summed E-state index contributed by atoms with van der Waals surface area (Å²) in [5.41, 5.74) is 0.619. The van der Waals surface area contributed by atoms with E-state index in [-0.39, 0.29) is 0 Å². The van der Waals surface area contributed by atoms with Crippen molar-refractivity contribution in [3.05, 3.63) is 18.0 Å². The van der Waals surface area contributed by atoms with E-state index < -0.39 is 10.2 Å². The average molecular weight is 161 g/mol. The molecule has 1 aromatic rings. The van der Waals surface area contributed by atoms with Crippen LogP contribution in [-0.4, -0.2) is 17.6 Å². The Morgan fingerprint density at radius 3 is 2.50 bits per heavy atom. The van der Waals surface area contributed by atoms with Crippen LogP contribution in [0.25, 0.3) is 0 Å². The zero-order valence-electron chi connectivity index (χ0n) is 5.35. The number of aromatic nitrogens is 2. The minimum absolute atomic E-state index is 0.619. The lowest BCUT2D eigenvalue weighted by atomic mass is 10.5. The van der Waals surface area contributed by atoms with Crippen LogP contribution in [0.5, 0.6) is 0 Å². The third kappa shape index (κ3) is 1.34. The summed E-state index contributed by atoms with van der Waals surface area (Å²) < 4.78 is 21.8. The van der Waals surface area contributed by atoms with Crippen LogP contribution in [0.4, 0.5) is 0 Å². The van der Waals surface area contributed by atoms with Crippen LogP contribution in [-0.2, 0) is 10.2 Å². The summed E-state index contributed by atoms with van der Waals surface area (Å²) in [4.78, 5) is 0. The van der Waals surface area contributed by atoms with E-state index in [0.29, 0.717) is 5.69 Å². The van der Waals surface area contributed by atoms with Crippen LogP contribution in [0.1, 0.15) is 5.69 Å². The average Bonchev–Trinajstić information content (AvgIpc) is 2.11. The van der Waals surface area contributed by atoms with Crippen molar-refractivity contribution in [3.63, 3.8) is 0 Å². The van der Waals surface area contributed by atoms with Gasteiger partial charge in [0.05, 0.1) is 5.69 Å².